The van der Waals surface area contributed by atoms with Crippen LogP contribution in [-0.4, -0.2) is 29.1 Å². The fraction of sp³-hybridized carbons (Fsp3) is 0.261. The molecule has 0 amide bonds. The van der Waals surface area contributed by atoms with Gasteiger partial charge in [0, 0.05) is 6.54 Å². The molecule has 162 valence electrons. The average molecular weight is 447 g/mol. The van der Waals surface area contributed by atoms with Crippen LogP contribution in [0.15, 0.2) is 63.3 Å². The Bertz CT molecular complexity index is 1570. The predicted octanol–water partition coefficient (Wildman–Crippen LogP) is 3.93. The Morgan fingerprint density at radius 3 is 2.59 bits per heavy atom. The molecular formula is C23H22N6O2S. The Morgan fingerprint density at radius 1 is 1.03 bits per heavy atom. The number of nitrogens with one attached hydrogen (secondary N) is 1. The van der Waals surface area contributed by atoms with Gasteiger partial charge in [-0.05, 0) is 37.6 Å². The van der Waals surface area contributed by atoms with Crippen LogP contribution >= 0.6 is 11.8 Å². The van der Waals surface area contributed by atoms with Crippen molar-refractivity contribution in [2.24, 2.45) is 0 Å². The van der Waals surface area contributed by atoms with Gasteiger partial charge in [0.2, 0.25) is 5.78 Å². The molecule has 0 unspecified atom stereocenters. The summed E-state index contributed by atoms with van der Waals surface area (Å²) in [4.78, 5) is 33.1. The highest BCUT2D eigenvalue weighted by molar-refractivity contribution is 7.99. The van der Waals surface area contributed by atoms with E-state index in [1.165, 1.54) is 11.8 Å². The van der Waals surface area contributed by atoms with Crippen LogP contribution in [0.4, 0.5) is 0 Å². The van der Waals surface area contributed by atoms with Gasteiger partial charge >= 0.3 is 0 Å². The predicted molar refractivity (Wildman–Crippen MR) is 126 cm³/mol. The maximum atomic E-state index is 13.1. The molecule has 0 radical (unpaired) electrons. The number of aromatic nitrogens is 6. The third-order valence-electron chi connectivity index (χ3n) is 5.51. The van der Waals surface area contributed by atoms with E-state index in [2.05, 4.69) is 27.1 Å². The van der Waals surface area contributed by atoms with Crippen molar-refractivity contribution in [3.8, 4) is 0 Å². The number of fused-ring (bicyclic) bond motifs is 4. The van der Waals surface area contributed by atoms with Crippen LogP contribution in [-0.2, 0) is 6.54 Å². The number of rotatable bonds is 6. The maximum Gasteiger partial charge on any atom is 0.262 e. The zero-order chi connectivity index (χ0) is 22.2. The molecule has 8 nitrogen and oxygen atoms in total. The highest BCUT2D eigenvalue weighted by atomic mass is 32.2. The summed E-state index contributed by atoms with van der Waals surface area (Å²) in [7, 11) is 0. The average Bonchev–Trinajstić information content (AvgIpc) is 3.22. The zero-order valence-electron chi connectivity index (χ0n) is 17.8. The molecule has 32 heavy (non-hydrogen) atoms. The highest BCUT2D eigenvalue weighted by Crippen LogP contribution is 2.33. The van der Waals surface area contributed by atoms with E-state index in [0.29, 0.717) is 39.6 Å². The molecule has 3 heterocycles. The van der Waals surface area contributed by atoms with Gasteiger partial charge in [-0.15, -0.1) is 10.2 Å². The fourth-order valence-corrected chi connectivity index (χ4v) is 4.75. The van der Waals surface area contributed by atoms with Gasteiger partial charge in [-0.3, -0.25) is 18.6 Å². The first kappa shape index (κ1) is 20.4. The standard InChI is InChI=1S/C23H22N6O2S/c1-3-4-13-28-21(31)16-10-6-8-12-18(16)29-22(28)26-27-23(29)32-14(2)19-24-17-11-7-5-9-15(17)20(30)25-19/h5-12,14H,3-4,13H2,1-2H3,(H,24,25,30)/t14-/m0/s1. The first-order valence-electron chi connectivity index (χ1n) is 10.6. The quantitative estimate of drug-likeness (QED) is 0.397. The van der Waals surface area contributed by atoms with Crippen molar-refractivity contribution in [1.29, 1.82) is 0 Å². The number of aryl methyl sites for hydroxylation is 1. The summed E-state index contributed by atoms with van der Waals surface area (Å²) in [5.41, 5.74) is 1.20. The molecule has 0 spiro atoms. The maximum absolute atomic E-state index is 13.1. The summed E-state index contributed by atoms with van der Waals surface area (Å²) in [5.74, 6) is 1.09. The highest BCUT2D eigenvalue weighted by Gasteiger charge is 2.20. The van der Waals surface area contributed by atoms with Crippen LogP contribution in [0.2, 0.25) is 0 Å². The fourth-order valence-electron chi connectivity index (χ4n) is 3.84. The molecule has 0 saturated heterocycles. The van der Waals surface area contributed by atoms with Crippen molar-refractivity contribution in [3.63, 3.8) is 0 Å². The number of unbranched alkanes of at least 4 members (excludes halogenated alkanes) is 1. The van der Waals surface area contributed by atoms with E-state index >= 15 is 0 Å². The van der Waals surface area contributed by atoms with Gasteiger partial charge in [0.25, 0.3) is 11.1 Å². The minimum atomic E-state index is -0.186. The number of aromatic amines is 1. The van der Waals surface area contributed by atoms with E-state index in [4.69, 9.17) is 0 Å². The van der Waals surface area contributed by atoms with Gasteiger partial charge in [0.15, 0.2) is 5.16 Å². The van der Waals surface area contributed by atoms with Crippen LogP contribution in [0, 0.1) is 0 Å². The van der Waals surface area contributed by atoms with E-state index in [9.17, 15) is 9.59 Å². The molecule has 0 bridgehead atoms. The van der Waals surface area contributed by atoms with Gasteiger partial charge in [-0.25, -0.2) is 4.98 Å². The van der Waals surface area contributed by atoms with Crippen LogP contribution in [0.3, 0.4) is 0 Å². The van der Waals surface area contributed by atoms with E-state index in [0.717, 1.165) is 18.4 Å². The minimum absolute atomic E-state index is 0.0564. The van der Waals surface area contributed by atoms with Crippen molar-refractivity contribution in [2.45, 2.75) is 43.6 Å². The zero-order valence-corrected chi connectivity index (χ0v) is 18.6. The van der Waals surface area contributed by atoms with E-state index in [1.807, 2.05) is 53.8 Å². The Kier molecular flexibility index (Phi) is 5.26. The molecular weight excluding hydrogens is 424 g/mol. The molecule has 3 aromatic heterocycles. The van der Waals surface area contributed by atoms with Crippen molar-refractivity contribution < 1.29 is 0 Å². The molecule has 0 aliphatic heterocycles. The summed E-state index contributed by atoms with van der Waals surface area (Å²) >= 11 is 1.44. The molecule has 0 saturated carbocycles. The summed E-state index contributed by atoms with van der Waals surface area (Å²) in [6, 6.07) is 14.8. The Balaban J connectivity index is 1.63. The number of hydrogen-bond donors (Lipinski definition) is 1. The van der Waals surface area contributed by atoms with Gasteiger partial charge in [0.1, 0.15) is 5.82 Å². The minimum Gasteiger partial charge on any atom is -0.309 e. The lowest BCUT2D eigenvalue weighted by Crippen LogP contribution is -2.23. The number of nitrogens with zero attached hydrogens (tertiary/aromatic N) is 5. The van der Waals surface area contributed by atoms with Gasteiger partial charge in [0.05, 0.1) is 27.1 Å². The van der Waals surface area contributed by atoms with E-state index in [-0.39, 0.29) is 16.4 Å². The number of thioether (sulfide) groups is 1. The van der Waals surface area contributed by atoms with Gasteiger partial charge < -0.3 is 4.98 Å². The molecule has 5 aromatic rings. The van der Waals surface area contributed by atoms with Crippen molar-refractivity contribution in [2.75, 3.05) is 0 Å². The number of benzene rings is 2. The van der Waals surface area contributed by atoms with Crippen LogP contribution in [0.25, 0.3) is 27.6 Å². The van der Waals surface area contributed by atoms with E-state index < -0.39 is 0 Å². The molecule has 9 heteroatoms. The first-order valence-corrected chi connectivity index (χ1v) is 11.5. The summed E-state index contributed by atoms with van der Waals surface area (Å²) in [6.45, 7) is 4.64. The second-order valence-electron chi connectivity index (χ2n) is 7.67. The lowest BCUT2D eigenvalue weighted by molar-refractivity contribution is 0.620. The summed E-state index contributed by atoms with van der Waals surface area (Å²) in [6.07, 6.45) is 1.85. The molecule has 2 aromatic carbocycles. The molecule has 5 rings (SSSR count). The second-order valence-corrected chi connectivity index (χ2v) is 8.98. The Morgan fingerprint density at radius 2 is 1.78 bits per heavy atom. The number of para-hydroxylation sites is 2. The smallest absolute Gasteiger partial charge is 0.262 e. The first-order chi connectivity index (χ1) is 15.6. The molecule has 0 aliphatic rings. The van der Waals surface area contributed by atoms with Gasteiger partial charge in [-0.2, -0.15) is 0 Å². The molecule has 1 N–H and O–H groups in total. The topological polar surface area (TPSA) is 97.9 Å². The van der Waals surface area contributed by atoms with Crippen LogP contribution in [0.1, 0.15) is 37.8 Å². The summed E-state index contributed by atoms with van der Waals surface area (Å²) < 4.78 is 3.62. The SMILES string of the molecule is CCCCn1c(=O)c2ccccc2n2c(S[C@@H](C)c3nc4ccccc4c(=O)[nH]3)nnc12. The monoisotopic (exact) mass is 446 g/mol. The van der Waals surface area contributed by atoms with Crippen LogP contribution < -0.4 is 11.1 Å². The van der Waals surface area contributed by atoms with Crippen LogP contribution in [0.5, 0.6) is 0 Å². The Labute approximate surface area is 187 Å². The lowest BCUT2D eigenvalue weighted by Gasteiger charge is -2.13. The molecule has 0 fully saturated rings. The van der Waals surface area contributed by atoms with Crippen molar-refractivity contribution >= 4 is 39.3 Å². The molecule has 0 aliphatic carbocycles. The van der Waals surface area contributed by atoms with Crippen molar-refractivity contribution in [3.05, 3.63) is 75.1 Å². The summed E-state index contributed by atoms with van der Waals surface area (Å²) in [5, 5.41) is 10.4. The second kappa shape index (κ2) is 8.23. The molecule has 1 atom stereocenters. The Hall–Kier alpha value is -3.46. The van der Waals surface area contributed by atoms with Gasteiger partial charge in [-0.1, -0.05) is 49.4 Å². The lowest BCUT2D eigenvalue weighted by atomic mass is 10.2. The van der Waals surface area contributed by atoms with E-state index in [1.54, 1.807) is 10.6 Å². The number of hydrogen-bond acceptors (Lipinski definition) is 6. The third-order valence-corrected chi connectivity index (χ3v) is 6.56. The number of H-pyrrole nitrogens is 1. The largest absolute Gasteiger partial charge is 0.309 e. The third kappa shape index (κ3) is 3.38. The van der Waals surface area contributed by atoms with Crippen molar-refractivity contribution in [1.82, 2.24) is 29.1 Å². The normalized spacial score (nSPS) is 12.7.